The summed E-state index contributed by atoms with van der Waals surface area (Å²) in [7, 11) is 0.353. The van der Waals surface area contributed by atoms with Gasteiger partial charge >= 0.3 is 6.03 Å². The second-order valence-electron chi connectivity index (χ2n) is 13.8. The number of nitrogens with zero attached hydrogens (tertiary/aromatic N) is 2. The van der Waals surface area contributed by atoms with E-state index in [-0.39, 0.29) is 16.3 Å². The summed E-state index contributed by atoms with van der Waals surface area (Å²) < 4.78 is 64.0. The number of anilines is 2. The van der Waals surface area contributed by atoms with E-state index in [4.69, 9.17) is 38.3 Å². The van der Waals surface area contributed by atoms with Crippen molar-refractivity contribution in [3.63, 3.8) is 0 Å². The summed E-state index contributed by atoms with van der Waals surface area (Å²) in [5.41, 5.74) is 1.68. The number of fused-ring (bicyclic) bond motifs is 1. The third kappa shape index (κ3) is 12.0. The van der Waals surface area contributed by atoms with E-state index < -0.39 is 21.5 Å². The lowest BCUT2D eigenvalue weighted by Gasteiger charge is -2.23. The van der Waals surface area contributed by atoms with E-state index in [9.17, 15) is 13.2 Å². The van der Waals surface area contributed by atoms with Gasteiger partial charge < -0.3 is 43.8 Å². The van der Waals surface area contributed by atoms with Gasteiger partial charge in [0.2, 0.25) is 15.9 Å². The first kappa shape index (κ1) is 42.6. The first-order valence-corrected chi connectivity index (χ1v) is 19.6. The molecule has 1 aromatic heterocycles. The van der Waals surface area contributed by atoms with Gasteiger partial charge in [-0.3, -0.25) is 0 Å². The highest BCUT2D eigenvalue weighted by Crippen LogP contribution is 2.38. The minimum absolute atomic E-state index is 0.0730. The van der Waals surface area contributed by atoms with E-state index in [1.165, 1.54) is 13.2 Å². The van der Waals surface area contributed by atoms with Crippen molar-refractivity contribution in [3.8, 4) is 28.9 Å². The van der Waals surface area contributed by atoms with Crippen molar-refractivity contribution < 1.29 is 46.4 Å². The van der Waals surface area contributed by atoms with Crippen LogP contribution in [-0.2, 0) is 36.1 Å². The Morgan fingerprint density at radius 1 is 0.772 bits per heavy atom. The SMILES string of the molecule is COCCOCCOCCOc1cc(Cc2nccc(Oc3ccc(NC(=O)Nc4cc(C(C)(C)C)cc(S(N)(=O)=O)c4OC)c4ccccc34)n2)cc(OC)c1. The molecule has 5 aromatic rings. The molecule has 0 spiro atoms. The summed E-state index contributed by atoms with van der Waals surface area (Å²) in [6, 6.07) is 20.6. The van der Waals surface area contributed by atoms with Crippen molar-refractivity contribution in [2.24, 2.45) is 5.14 Å². The van der Waals surface area contributed by atoms with Crippen LogP contribution < -0.4 is 34.7 Å². The van der Waals surface area contributed by atoms with Gasteiger partial charge in [-0.25, -0.2) is 23.3 Å². The summed E-state index contributed by atoms with van der Waals surface area (Å²) in [5, 5.41) is 12.5. The number of aromatic nitrogens is 2. The number of sulfonamides is 1. The topological polar surface area (TPSA) is 192 Å². The van der Waals surface area contributed by atoms with Gasteiger partial charge in [-0.05, 0) is 52.9 Å². The third-order valence-corrected chi connectivity index (χ3v) is 9.46. The van der Waals surface area contributed by atoms with Crippen LogP contribution in [0.5, 0.6) is 28.9 Å². The fourth-order valence-electron chi connectivity index (χ4n) is 5.73. The normalized spacial score (nSPS) is 11.6. The predicted octanol–water partition coefficient (Wildman–Crippen LogP) is 6.68. The first-order chi connectivity index (χ1) is 27.3. The molecule has 1 heterocycles. The minimum atomic E-state index is -4.18. The molecule has 0 aliphatic carbocycles. The molecule has 0 unspecified atom stereocenters. The Bertz CT molecular complexity index is 2260. The molecule has 2 amide bonds. The number of primary sulfonamides is 1. The monoisotopic (exact) mass is 803 g/mol. The van der Waals surface area contributed by atoms with Crippen LogP contribution in [0.25, 0.3) is 10.8 Å². The second-order valence-corrected chi connectivity index (χ2v) is 15.3. The number of carbonyl (C=O) groups excluding carboxylic acids is 1. The van der Waals surface area contributed by atoms with Gasteiger partial charge in [0.25, 0.3) is 0 Å². The fraction of sp³-hybridized carbons (Fsp3) is 0.341. The minimum Gasteiger partial charge on any atom is -0.497 e. The Morgan fingerprint density at radius 2 is 1.46 bits per heavy atom. The molecular weight excluding hydrogens is 755 g/mol. The van der Waals surface area contributed by atoms with Crippen LogP contribution >= 0.6 is 0 Å². The molecule has 0 aliphatic rings. The average Bonchev–Trinajstić information content (AvgIpc) is 3.17. The number of carbonyl (C=O) groups is 1. The number of amides is 2. The zero-order chi connectivity index (χ0) is 41.0. The van der Waals surface area contributed by atoms with Crippen molar-refractivity contribution in [2.45, 2.75) is 37.5 Å². The summed E-state index contributed by atoms with van der Waals surface area (Å²) in [6.45, 7) is 8.49. The van der Waals surface area contributed by atoms with Crippen LogP contribution in [-0.4, -0.2) is 85.4 Å². The number of hydrogen-bond donors (Lipinski definition) is 3. The van der Waals surface area contributed by atoms with Crippen molar-refractivity contribution >= 4 is 38.2 Å². The number of methoxy groups -OCH3 is 3. The average molecular weight is 804 g/mol. The van der Waals surface area contributed by atoms with Crippen molar-refractivity contribution in [1.82, 2.24) is 9.97 Å². The highest BCUT2D eigenvalue weighted by atomic mass is 32.2. The fourth-order valence-corrected chi connectivity index (χ4v) is 6.47. The molecule has 0 radical (unpaired) electrons. The summed E-state index contributed by atoms with van der Waals surface area (Å²) in [5.74, 6) is 2.51. The van der Waals surface area contributed by atoms with Gasteiger partial charge in [0.1, 0.15) is 34.6 Å². The highest BCUT2D eigenvalue weighted by molar-refractivity contribution is 7.89. The number of ether oxygens (including phenoxy) is 7. The molecule has 16 heteroatoms. The highest BCUT2D eigenvalue weighted by Gasteiger charge is 2.25. The lowest BCUT2D eigenvalue weighted by molar-refractivity contribution is 0.0179. The van der Waals surface area contributed by atoms with Crippen LogP contribution in [0.3, 0.4) is 0 Å². The molecule has 57 heavy (non-hydrogen) atoms. The maximum Gasteiger partial charge on any atom is 0.323 e. The van der Waals surface area contributed by atoms with Gasteiger partial charge in [-0.15, -0.1) is 0 Å². The molecule has 0 saturated heterocycles. The van der Waals surface area contributed by atoms with Crippen molar-refractivity contribution in [2.75, 3.05) is 71.6 Å². The number of rotatable bonds is 19. The number of nitrogens with one attached hydrogen (secondary N) is 2. The maximum absolute atomic E-state index is 13.4. The van der Waals surface area contributed by atoms with E-state index in [0.717, 1.165) is 5.56 Å². The smallest absolute Gasteiger partial charge is 0.323 e. The number of hydrogen-bond acceptors (Lipinski definition) is 12. The number of benzene rings is 4. The molecule has 4 aromatic carbocycles. The Hall–Kier alpha value is -5.52. The molecular formula is C41H49N5O10S. The Morgan fingerprint density at radius 3 is 2.14 bits per heavy atom. The van der Waals surface area contributed by atoms with E-state index in [2.05, 4.69) is 20.6 Å². The largest absolute Gasteiger partial charge is 0.497 e. The molecule has 15 nitrogen and oxygen atoms in total. The van der Waals surface area contributed by atoms with Crippen LogP contribution in [0.15, 0.2) is 83.9 Å². The lowest BCUT2D eigenvalue weighted by atomic mass is 9.86. The van der Waals surface area contributed by atoms with Crippen molar-refractivity contribution in [1.29, 1.82) is 0 Å². The van der Waals surface area contributed by atoms with Crippen LogP contribution in [0, 0.1) is 0 Å². The van der Waals surface area contributed by atoms with Gasteiger partial charge in [-0.2, -0.15) is 4.98 Å². The predicted molar refractivity (Wildman–Crippen MR) is 217 cm³/mol. The maximum atomic E-state index is 13.4. The van der Waals surface area contributed by atoms with E-state index >= 15 is 0 Å². The van der Waals surface area contributed by atoms with Crippen molar-refractivity contribution in [3.05, 3.63) is 95.9 Å². The number of nitrogens with two attached hydrogens (primary N) is 1. The standard InChI is InChI=1S/C41H49N5O10S/c1-41(2,3)28-24-34(39(52-6)36(25-28)57(42,48)49)45-40(47)44-33-11-12-35(32-10-8-7-9-31(32)33)56-38-13-14-43-37(46-38)23-27-21-29(51-5)26-30(22-27)55-20-19-54-18-17-53-16-15-50-4/h7-14,21-22,24-26H,15-20,23H2,1-6H3,(H2,42,48,49)(H2,44,45,47). The molecule has 0 aliphatic heterocycles. The summed E-state index contributed by atoms with van der Waals surface area (Å²) in [6.07, 6.45) is 2.00. The van der Waals surface area contributed by atoms with Gasteiger partial charge in [0.15, 0.2) is 5.75 Å². The van der Waals surface area contributed by atoms with Crippen LogP contribution in [0.4, 0.5) is 16.2 Å². The lowest BCUT2D eigenvalue weighted by Crippen LogP contribution is -2.23. The second kappa shape index (κ2) is 19.6. The first-order valence-electron chi connectivity index (χ1n) is 18.1. The number of urea groups is 1. The zero-order valence-electron chi connectivity index (χ0n) is 32.9. The third-order valence-electron chi connectivity index (χ3n) is 8.54. The molecule has 0 saturated carbocycles. The van der Waals surface area contributed by atoms with Gasteiger partial charge in [0.05, 0.1) is 58.6 Å². The van der Waals surface area contributed by atoms with Crippen LogP contribution in [0.2, 0.25) is 0 Å². The summed E-state index contributed by atoms with van der Waals surface area (Å²) >= 11 is 0. The van der Waals surface area contributed by atoms with Gasteiger partial charge in [-0.1, -0.05) is 45.0 Å². The van der Waals surface area contributed by atoms with E-state index in [0.29, 0.717) is 97.0 Å². The molecule has 5 rings (SSSR count). The Balaban J connectivity index is 1.28. The summed E-state index contributed by atoms with van der Waals surface area (Å²) in [4.78, 5) is 22.3. The Kier molecular flexibility index (Phi) is 14.6. The molecule has 4 N–H and O–H groups in total. The van der Waals surface area contributed by atoms with E-state index in [1.807, 2.05) is 57.2 Å². The molecule has 0 fully saturated rings. The molecule has 0 bridgehead atoms. The van der Waals surface area contributed by atoms with Gasteiger partial charge in [0, 0.05) is 42.6 Å². The van der Waals surface area contributed by atoms with Crippen LogP contribution in [0.1, 0.15) is 37.7 Å². The van der Waals surface area contributed by atoms with E-state index in [1.54, 1.807) is 50.7 Å². The molecule has 0 atom stereocenters. The quantitative estimate of drug-likeness (QED) is 0.0752. The Labute approximate surface area is 332 Å². The molecule has 304 valence electrons. The zero-order valence-corrected chi connectivity index (χ0v) is 33.7.